The van der Waals surface area contributed by atoms with Gasteiger partial charge in [0.05, 0.1) is 11.8 Å². The van der Waals surface area contributed by atoms with E-state index in [2.05, 4.69) is 93.2 Å². The van der Waals surface area contributed by atoms with Gasteiger partial charge in [0.2, 0.25) is 0 Å². The van der Waals surface area contributed by atoms with Gasteiger partial charge >= 0.3 is 0 Å². The Morgan fingerprint density at radius 3 is 2.29 bits per heavy atom. The van der Waals surface area contributed by atoms with Crippen molar-refractivity contribution < 1.29 is 4.74 Å². The van der Waals surface area contributed by atoms with Crippen LogP contribution in [0.5, 0.6) is 0 Å². The van der Waals surface area contributed by atoms with Crippen molar-refractivity contribution in [2.75, 3.05) is 6.61 Å². The molecule has 2 aromatic carbocycles. The fourth-order valence-electron chi connectivity index (χ4n) is 3.96. The van der Waals surface area contributed by atoms with Gasteiger partial charge in [-0.1, -0.05) is 92.6 Å². The van der Waals surface area contributed by atoms with Gasteiger partial charge in [0, 0.05) is 23.9 Å². The van der Waals surface area contributed by atoms with Crippen molar-refractivity contribution in [2.24, 2.45) is 0 Å². The van der Waals surface area contributed by atoms with E-state index < -0.39 is 0 Å². The van der Waals surface area contributed by atoms with Crippen LogP contribution in [0.2, 0.25) is 0 Å². The van der Waals surface area contributed by atoms with Crippen molar-refractivity contribution in [3.8, 4) is 22.4 Å². The minimum atomic E-state index is 0.361. The lowest BCUT2D eigenvalue weighted by atomic mass is 10.0. The first-order valence-corrected chi connectivity index (χ1v) is 12.7. The van der Waals surface area contributed by atoms with Crippen LogP contribution in [-0.4, -0.2) is 17.7 Å². The Hall–Kier alpha value is -2.97. The van der Waals surface area contributed by atoms with Crippen molar-refractivity contribution in [1.29, 1.82) is 0 Å². The van der Waals surface area contributed by atoms with E-state index in [1.54, 1.807) is 0 Å². The second-order valence-electron chi connectivity index (χ2n) is 8.97. The summed E-state index contributed by atoms with van der Waals surface area (Å²) < 4.78 is 5.88. The van der Waals surface area contributed by atoms with E-state index in [4.69, 9.17) is 9.72 Å². The standard InChI is InChI=1S/C32H39NO/c1-4-6-10-24-34-26(3)12-8-7-9-13-28-16-20-30(21-17-28)32-23-22-31(25-33-32)29-18-14-27(11-5-2)15-19-29/h5,9,13-23,25-26H,2,4,6-8,10-12,24H2,1,3H3. The molecule has 0 aliphatic heterocycles. The molecule has 0 fully saturated rings. The van der Waals surface area contributed by atoms with Gasteiger partial charge in [-0.3, -0.25) is 4.98 Å². The van der Waals surface area contributed by atoms with E-state index in [0.29, 0.717) is 6.10 Å². The highest BCUT2D eigenvalue weighted by molar-refractivity contribution is 5.68. The zero-order chi connectivity index (χ0) is 24.0. The maximum Gasteiger partial charge on any atom is 0.0702 e. The number of unbranched alkanes of at least 4 members (excludes halogenated alkanes) is 3. The molecular formula is C32H39NO. The molecule has 0 aliphatic rings. The number of hydrogen-bond acceptors (Lipinski definition) is 2. The van der Waals surface area contributed by atoms with Gasteiger partial charge in [-0.05, 0) is 61.8 Å². The highest BCUT2D eigenvalue weighted by Crippen LogP contribution is 2.24. The summed E-state index contributed by atoms with van der Waals surface area (Å²) in [5.74, 6) is 0. The van der Waals surface area contributed by atoms with E-state index in [-0.39, 0.29) is 0 Å². The summed E-state index contributed by atoms with van der Waals surface area (Å²) in [7, 11) is 0. The van der Waals surface area contributed by atoms with Gasteiger partial charge < -0.3 is 4.74 Å². The van der Waals surface area contributed by atoms with Crippen LogP contribution in [0.1, 0.15) is 63.5 Å². The van der Waals surface area contributed by atoms with Crippen molar-refractivity contribution in [3.05, 3.63) is 96.7 Å². The van der Waals surface area contributed by atoms with E-state index in [1.165, 1.54) is 36.0 Å². The lowest BCUT2D eigenvalue weighted by Gasteiger charge is -2.12. The molecule has 0 aliphatic carbocycles. The van der Waals surface area contributed by atoms with Crippen LogP contribution in [-0.2, 0) is 11.2 Å². The van der Waals surface area contributed by atoms with Crippen LogP contribution in [0.4, 0.5) is 0 Å². The summed E-state index contributed by atoms with van der Waals surface area (Å²) in [5.41, 5.74) is 6.95. The third-order valence-corrected chi connectivity index (χ3v) is 6.08. The van der Waals surface area contributed by atoms with Gasteiger partial charge in [-0.15, -0.1) is 6.58 Å². The third-order valence-electron chi connectivity index (χ3n) is 6.08. The molecule has 0 radical (unpaired) electrons. The minimum absolute atomic E-state index is 0.361. The fraction of sp³-hybridized carbons (Fsp3) is 0.344. The first kappa shape index (κ1) is 25.6. The Bertz CT molecular complexity index is 1000. The lowest BCUT2D eigenvalue weighted by Crippen LogP contribution is -2.08. The van der Waals surface area contributed by atoms with Gasteiger partial charge in [-0.2, -0.15) is 0 Å². The quantitative estimate of drug-likeness (QED) is 0.179. The summed E-state index contributed by atoms with van der Waals surface area (Å²) in [6.07, 6.45) is 16.7. The number of benzene rings is 2. The zero-order valence-corrected chi connectivity index (χ0v) is 20.9. The second kappa shape index (κ2) is 14.3. The topological polar surface area (TPSA) is 22.1 Å². The molecule has 1 heterocycles. The molecule has 2 nitrogen and oxygen atoms in total. The first-order valence-electron chi connectivity index (χ1n) is 12.7. The molecule has 2 heteroatoms. The van der Waals surface area contributed by atoms with Crippen molar-refractivity contribution in [2.45, 2.75) is 64.9 Å². The zero-order valence-electron chi connectivity index (χ0n) is 20.9. The van der Waals surface area contributed by atoms with Crippen molar-refractivity contribution in [3.63, 3.8) is 0 Å². The maximum atomic E-state index is 5.88. The highest BCUT2D eigenvalue weighted by Gasteiger charge is 2.03. The van der Waals surface area contributed by atoms with E-state index in [9.17, 15) is 0 Å². The van der Waals surface area contributed by atoms with Crippen molar-refractivity contribution in [1.82, 2.24) is 4.98 Å². The summed E-state index contributed by atoms with van der Waals surface area (Å²) in [6.45, 7) is 9.12. The SMILES string of the molecule is C=CCc1ccc(-c2ccc(-c3ccc(C=CCCCC(C)OCCCCC)cc3)nc2)cc1. The van der Waals surface area contributed by atoms with Crippen LogP contribution in [0.3, 0.4) is 0 Å². The molecule has 0 spiro atoms. The Morgan fingerprint density at radius 2 is 1.62 bits per heavy atom. The molecule has 178 valence electrons. The molecule has 0 bridgehead atoms. The molecule has 3 aromatic rings. The molecule has 1 unspecified atom stereocenters. The average molecular weight is 454 g/mol. The number of aromatic nitrogens is 1. The van der Waals surface area contributed by atoms with E-state index in [0.717, 1.165) is 49.1 Å². The van der Waals surface area contributed by atoms with Crippen molar-refractivity contribution >= 4 is 6.08 Å². The molecule has 0 amide bonds. The summed E-state index contributed by atoms with van der Waals surface area (Å²) >= 11 is 0. The summed E-state index contributed by atoms with van der Waals surface area (Å²) in [6, 6.07) is 21.5. The van der Waals surface area contributed by atoms with Crippen LogP contribution in [0.25, 0.3) is 28.5 Å². The number of hydrogen-bond donors (Lipinski definition) is 0. The Morgan fingerprint density at radius 1 is 0.882 bits per heavy atom. The molecule has 0 saturated carbocycles. The minimum Gasteiger partial charge on any atom is -0.379 e. The van der Waals surface area contributed by atoms with Crippen LogP contribution >= 0.6 is 0 Å². The van der Waals surface area contributed by atoms with E-state index in [1.807, 2.05) is 12.3 Å². The molecule has 0 saturated heterocycles. The number of ether oxygens (including phenoxy) is 1. The Kier molecular flexibility index (Phi) is 10.8. The van der Waals surface area contributed by atoms with Crippen LogP contribution in [0, 0.1) is 0 Å². The summed E-state index contributed by atoms with van der Waals surface area (Å²) in [4.78, 5) is 4.70. The molecule has 1 atom stereocenters. The first-order chi connectivity index (χ1) is 16.7. The molecular weight excluding hydrogens is 414 g/mol. The monoisotopic (exact) mass is 453 g/mol. The molecule has 3 rings (SSSR count). The molecule has 34 heavy (non-hydrogen) atoms. The highest BCUT2D eigenvalue weighted by atomic mass is 16.5. The van der Waals surface area contributed by atoms with E-state index >= 15 is 0 Å². The third kappa shape index (κ3) is 8.43. The average Bonchev–Trinajstić information content (AvgIpc) is 2.88. The Labute approximate surface area is 206 Å². The van der Waals surface area contributed by atoms with Gasteiger partial charge in [0.15, 0.2) is 0 Å². The van der Waals surface area contributed by atoms with Crippen LogP contribution < -0.4 is 0 Å². The number of rotatable bonds is 14. The summed E-state index contributed by atoms with van der Waals surface area (Å²) in [5, 5.41) is 0. The predicted octanol–water partition coefficient (Wildman–Crippen LogP) is 8.92. The predicted molar refractivity (Wildman–Crippen MR) is 147 cm³/mol. The van der Waals surface area contributed by atoms with Gasteiger partial charge in [0.25, 0.3) is 0 Å². The number of allylic oxidation sites excluding steroid dienone is 2. The van der Waals surface area contributed by atoms with Gasteiger partial charge in [0.1, 0.15) is 0 Å². The maximum absolute atomic E-state index is 5.88. The number of pyridine rings is 1. The number of nitrogens with zero attached hydrogens (tertiary/aromatic N) is 1. The molecule has 0 N–H and O–H groups in total. The van der Waals surface area contributed by atoms with Gasteiger partial charge in [-0.25, -0.2) is 0 Å². The largest absolute Gasteiger partial charge is 0.379 e. The Balaban J connectivity index is 1.46. The second-order valence-corrected chi connectivity index (χ2v) is 8.97. The van der Waals surface area contributed by atoms with Crippen LogP contribution in [0.15, 0.2) is 85.6 Å². The lowest BCUT2D eigenvalue weighted by molar-refractivity contribution is 0.0566. The smallest absolute Gasteiger partial charge is 0.0702 e. The normalized spacial score (nSPS) is 12.2. The molecule has 1 aromatic heterocycles. The fourth-order valence-corrected chi connectivity index (χ4v) is 3.96.